The van der Waals surface area contributed by atoms with Crippen LogP contribution in [-0.4, -0.2) is 70.0 Å². The van der Waals surface area contributed by atoms with E-state index in [1.54, 1.807) is 0 Å². The molecule has 0 amide bonds. The van der Waals surface area contributed by atoms with Gasteiger partial charge in [0.25, 0.3) is 7.82 Å². The van der Waals surface area contributed by atoms with Crippen molar-refractivity contribution in [2.45, 2.75) is 238 Å². The lowest BCUT2D eigenvalue weighted by Crippen LogP contribution is -2.37. The third-order valence-corrected chi connectivity index (χ3v) is 13.6. The fraction of sp³-hybridized carbons (Fsp3) is 0.647. The molecule has 0 saturated carbocycles. The van der Waals surface area contributed by atoms with Crippen LogP contribution >= 0.6 is 7.82 Å². The minimum absolute atomic E-state index is 0.0429. The van der Waals surface area contributed by atoms with Gasteiger partial charge in [0.1, 0.15) is 19.8 Å². The molecule has 0 saturated heterocycles. The smallest absolute Gasteiger partial charge is 0.306 e. The van der Waals surface area contributed by atoms with Crippen molar-refractivity contribution in [3.8, 4) is 0 Å². The number of phosphoric ester groups is 1. The number of unbranched alkanes of at least 4 members (excludes halogenated alkanes) is 19. The van der Waals surface area contributed by atoms with E-state index >= 15 is 0 Å². The molecule has 0 aliphatic rings. The first-order valence-corrected chi connectivity index (χ1v) is 32.4. The van der Waals surface area contributed by atoms with Crippen LogP contribution in [0.3, 0.4) is 0 Å². The van der Waals surface area contributed by atoms with Crippen molar-refractivity contribution in [1.29, 1.82) is 0 Å². The van der Waals surface area contributed by atoms with E-state index in [1.165, 1.54) is 64.2 Å². The van der Waals surface area contributed by atoms with Crippen LogP contribution < -0.4 is 4.89 Å². The summed E-state index contributed by atoms with van der Waals surface area (Å²) in [5.74, 6) is -0.867. The second kappa shape index (κ2) is 57.8. The van der Waals surface area contributed by atoms with Gasteiger partial charge in [0.05, 0.1) is 27.7 Å². The Morgan fingerprint density at radius 3 is 1.09 bits per heavy atom. The molecule has 0 aromatic carbocycles. The highest BCUT2D eigenvalue weighted by Gasteiger charge is 2.22. The molecule has 444 valence electrons. The van der Waals surface area contributed by atoms with Gasteiger partial charge in [-0.1, -0.05) is 237 Å². The highest BCUT2D eigenvalue weighted by molar-refractivity contribution is 7.45. The largest absolute Gasteiger partial charge is 0.756 e. The van der Waals surface area contributed by atoms with Crippen LogP contribution in [0.1, 0.15) is 232 Å². The summed E-state index contributed by atoms with van der Waals surface area (Å²) in [5.41, 5.74) is 0. The molecule has 0 rings (SSSR count). The van der Waals surface area contributed by atoms with Crippen LogP contribution in [0.15, 0.2) is 134 Å². The van der Waals surface area contributed by atoms with Crippen LogP contribution in [0.4, 0.5) is 0 Å². The van der Waals surface area contributed by atoms with Crippen molar-refractivity contribution in [1.82, 2.24) is 0 Å². The second-order valence-electron chi connectivity index (χ2n) is 21.3. The van der Waals surface area contributed by atoms with E-state index in [0.29, 0.717) is 23.9 Å². The summed E-state index contributed by atoms with van der Waals surface area (Å²) in [6.45, 7) is 4.08. The standard InChI is InChI=1S/C68H114NO8P/c1-6-8-10-12-14-16-18-20-22-24-26-28-30-31-32-33-34-35-36-37-39-41-43-45-47-49-51-53-55-57-59-61-68(71)77-66(65-76-78(72,73)75-63-62-69(3,4)5)64-74-67(70)60-58-56-54-52-50-48-46-44-42-40-38-29-27-25-23-21-19-17-15-13-11-9-7-2/h8,10,14,16,19-22,25-28,31-32,34-35,37-40,43,45,66H,6-7,9,11-13,15,17-18,23-24,29-30,33,36,41-42,44,46-65H2,1-5H3/b10-8-,16-14-,21-19-,22-20-,27-25-,28-26-,32-31-,35-34-,39-37-,40-38-,45-43-. The predicted octanol–water partition coefficient (Wildman–Crippen LogP) is 19.1. The number of phosphoric acid groups is 1. The monoisotopic (exact) mass is 1100 g/mol. The summed E-state index contributed by atoms with van der Waals surface area (Å²) < 4.78 is 34.2. The molecular weight excluding hydrogens is 990 g/mol. The molecule has 0 heterocycles. The fourth-order valence-corrected chi connectivity index (χ4v) is 8.64. The average molecular weight is 1100 g/mol. The van der Waals surface area contributed by atoms with Gasteiger partial charge in [-0.25, -0.2) is 0 Å². The zero-order valence-corrected chi connectivity index (χ0v) is 51.2. The third-order valence-electron chi connectivity index (χ3n) is 12.7. The lowest BCUT2D eigenvalue weighted by atomic mass is 10.1. The van der Waals surface area contributed by atoms with E-state index in [2.05, 4.69) is 148 Å². The molecule has 0 aliphatic carbocycles. The Morgan fingerprint density at radius 2 is 0.731 bits per heavy atom. The van der Waals surface area contributed by atoms with E-state index < -0.39 is 32.5 Å². The Labute approximate surface area is 479 Å². The van der Waals surface area contributed by atoms with Gasteiger partial charge in [-0.2, -0.15) is 0 Å². The van der Waals surface area contributed by atoms with Gasteiger partial charge >= 0.3 is 11.9 Å². The van der Waals surface area contributed by atoms with Crippen molar-refractivity contribution in [3.63, 3.8) is 0 Å². The maximum atomic E-state index is 12.8. The molecule has 0 fully saturated rings. The summed E-state index contributed by atoms with van der Waals surface area (Å²) in [4.78, 5) is 37.9. The molecule has 78 heavy (non-hydrogen) atoms. The van der Waals surface area contributed by atoms with Crippen LogP contribution in [0.25, 0.3) is 0 Å². The second-order valence-corrected chi connectivity index (χ2v) is 22.7. The number of hydrogen-bond acceptors (Lipinski definition) is 8. The van der Waals surface area contributed by atoms with Crippen LogP contribution in [0.5, 0.6) is 0 Å². The number of carbonyl (C=O) groups excluding carboxylic acids is 2. The number of rotatable bonds is 55. The zero-order chi connectivity index (χ0) is 57.0. The first-order valence-electron chi connectivity index (χ1n) is 30.9. The Hall–Kier alpha value is -3.85. The van der Waals surface area contributed by atoms with Gasteiger partial charge in [-0.05, 0) is 116 Å². The summed E-state index contributed by atoms with van der Waals surface area (Å²) in [6, 6.07) is 0. The minimum Gasteiger partial charge on any atom is -0.756 e. The highest BCUT2D eigenvalue weighted by atomic mass is 31.2. The van der Waals surface area contributed by atoms with Crippen molar-refractivity contribution in [3.05, 3.63) is 134 Å². The average Bonchev–Trinajstić information content (AvgIpc) is 3.40. The van der Waals surface area contributed by atoms with Crippen molar-refractivity contribution < 1.29 is 42.1 Å². The lowest BCUT2D eigenvalue weighted by Gasteiger charge is -2.28. The van der Waals surface area contributed by atoms with Crippen molar-refractivity contribution in [2.75, 3.05) is 47.5 Å². The summed E-state index contributed by atoms with van der Waals surface area (Å²) in [7, 11) is 1.13. The topological polar surface area (TPSA) is 111 Å². The normalized spacial score (nSPS) is 14.2. The van der Waals surface area contributed by atoms with Crippen molar-refractivity contribution in [2.24, 2.45) is 0 Å². The van der Waals surface area contributed by atoms with E-state index in [-0.39, 0.29) is 26.1 Å². The molecule has 0 aromatic rings. The zero-order valence-electron chi connectivity index (χ0n) is 50.3. The van der Waals surface area contributed by atoms with Crippen LogP contribution in [-0.2, 0) is 32.7 Å². The summed E-state index contributed by atoms with van der Waals surface area (Å²) in [6.07, 6.45) is 83.5. The van der Waals surface area contributed by atoms with Gasteiger partial charge in [0, 0.05) is 12.8 Å². The maximum Gasteiger partial charge on any atom is 0.306 e. The number of hydrogen-bond donors (Lipinski definition) is 0. The van der Waals surface area contributed by atoms with Gasteiger partial charge in [-0.15, -0.1) is 0 Å². The molecule has 0 N–H and O–H groups in total. The molecule has 0 spiro atoms. The van der Waals surface area contributed by atoms with Gasteiger partial charge in [-0.3, -0.25) is 14.2 Å². The van der Waals surface area contributed by atoms with E-state index in [9.17, 15) is 19.0 Å². The van der Waals surface area contributed by atoms with Crippen LogP contribution in [0.2, 0.25) is 0 Å². The van der Waals surface area contributed by atoms with Gasteiger partial charge in [0.15, 0.2) is 6.10 Å². The lowest BCUT2D eigenvalue weighted by molar-refractivity contribution is -0.870. The van der Waals surface area contributed by atoms with E-state index in [4.69, 9.17) is 18.5 Å². The number of quaternary nitrogens is 1. The number of likely N-dealkylation sites (N-methyl/N-ethyl adjacent to an activating group) is 1. The van der Waals surface area contributed by atoms with E-state index in [0.717, 1.165) is 128 Å². The minimum atomic E-state index is -4.65. The fourth-order valence-electron chi connectivity index (χ4n) is 7.91. The highest BCUT2D eigenvalue weighted by Crippen LogP contribution is 2.38. The molecule has 0 bridgehead atoms. The Morgan fingerprint density at radius 1 is 0.410 bits per heavy atom. The molecule has 0 radical (unpaired) electrons. The Bertz CT molecular complexity index is 1780. The van der Waals surface area contributed by atoms with Crippen LogP contribution in [0, 0.1) is 0 Å². The number of esters is 2. The first-order chi connectivity index (χ1) is 38.0. The quantitative estimate of drug-likeness (QED) is 0.0195. The molecule has 0 aliphatic heterocycles. The Balaban J connectivity index is 4.24. The number of nitrogens with zero attached hydrogens (tertiary/aromatic N) is 1. The van der Waals surface area contributed by atoms with Gasteiger partial charge < -0.3 is 27.9 Å². The molecule has 2 atom stereocenters. The molecule has 9 nitrogen and oxygen atoms in total. The number of carbonyl (C=O) groups is 2. The van der Waals surface area contributed by atoms with Gasteiger partial charge in [0.2, 0.25) is 0 Å². The Kier molecular flexibility index (Phi) is 55.0. The number of allylic oxidation sites excluding steroid dienone is 22. The summed E-state index contributed by atoms with van der Waals surface area (Å²) >= 11 is 0. The van der Waals surface area contributed by atoms with E-state index in [1.807, 2.05) is 21.1 Å². The molecule has 10 heteroatoms. The molecule has 0 aromatic heterocycles. The maximum absolute atomic E-state index is 12.8. The first kappa shape index (κ1) is 74.2. The van der Waals surface area contributed by atoms with Crippen molar-refractivity contribution >= 4 is 19.8 Å². The summed E-state index contributed by atoms with van der Waals surface area (Å²) in [5, 5.41) is 0. The molecular formula is C68H114NO8P. The predicted molar refractivity (Wildman–Crippen MR) is 332 cm³/mol. The number of ether oxygens (including phenoxy) is 2. The SMILES string of the molecule is CC/C=C\C/C=C\C/C=C\C/C=C\C/C=C\C/C=C\C/C=C\C/C=C\CCCCCCCCC(=O)OC(COC(=O)CCCCCCCCCC/C=C\C/C=C\C/C=C\CCCCCCC)COP(=O)([O-])OCC[N+](C)(C)C. The molecule has 2 unspecified atom stereocenters. The third kappa shape index (κ3) is 61.4.